The third-order valence-corrected chi connectivity index (χ3v) is 1.64. The van der Waals surface area contributed by atoms with Gasteiger partial charge in [-0.1, -0.05) is 0 Å². The van der Waals surface area contributed by atoms with Crippen LogP contribution in [0.4, 0.5) is 0 Å². The first-order chi connectivity index (χ1) is 4.56. The summed E-state index contributed by atoms with van der Waals surface area (Å²) in [5.74, 6) is -0.265. The van der Waals surface area contributed by atoms with Crippen molar-refractivity contribution in [1.82, 2.24) is 0 Å². The summed E-state index contributed by atoms with van der Waals surface area (Å²) in [5, 5.41) is 8.39. The highest BCUT2D eigenvalue weighted by molar-refractivity contribution is 5.78. The molecule has 0 radical (unpaired) electrons. The van der Waals surface area contributed by atoms with Crippen molar-refractivity contribution < 1.29 is 9.53 Å². The highest BCUT2D eigenvalue weighted by Crippen LogP contribution is 2.32. The number of rotatable bonds is 0. The molecule has 0 aromatic carbocycles. The summed E-state index contributed by atoms with van der Waals surface area (Å²) in [5.41, 5.74) is -0.458. The Morgan fingerprint density at radius 2 is 2.40 bits per heavy atom. The van der Waals surface area contributed by atoms with Crippen molar-refractivity contribution in [2.75, 3.05) is 0 Å². The molecule has 0 bridgehead atoms. The van der Waals surface area contributed by atoms with Crippen LogP contribution >= 0.6 is 0 Å². The second-order valence-corrected chi connectivity index (χ2v) is 3.11. The number of hydrogen-bond acceptors (Lipinski definition) is 3. The van der Waals surface area contributed by atoms with Gasteiger partial charge in [-0.2, -0.15) is 5.26 Å². The maximum Gasteiger partial charge on any atom is 0.313 e. The number of hydrogen-bond donors (Lipinski definition) is 0. The van der Waals surface area contributed by atoms with Crippen LogP contribution in [0, 0.1) is 16.7 Å². The lowest BCUT2D eigenvalue weighted by Gasteiger charge is -2.07. The molecule has 0 aromatic heterocycles. The van der Waals surface area contributed by atoms with Crippen molar-refractivity contribution in [3.63, 3.8) is 0 Å². The lowest BCUT2D eigenvalue weighted by Crippen LogP contribution is -2.16. The van der Waals surface area contributed by atoms with E-state index in [2.05, 4.69) is 0 Å². The smallest absolute Gasteiger partial charge is 0.313 e. The van der Waals surface area contributed by atoms with Crippen molar-refractivity contribution in [1.29, 1.82) is 5.26 Å². The number of nitriles is 1. The minimum atomic E-state index is -0.525. The lowest BCUT2D eigenvalue weighted by molar-refractivity contribution is -0.146. The van der Waals surface area contributed by atoms with Crippen LogP contribution in [0.1, 0.15) is 20.3 Å². The minimum Gasteiger partial charge on any atom is -0.446 e. The van der Waals surface area contributed by atoms with Gasteiger partial charge in [0.25, 0.3) is 0 Å². The zero-order valence-corrected chi connectivity index (χ0v) is 6.05. The van der Waals surface area contributed by atoms with Crippen molar-refractivity contribution >= 4 is 5.97 Å². The van der Waals surface area contributed by atoms with E-state index in [-0.39, 0.29) is 5.97 Å². The summed E-state index contributed by atoms with van der Waals surface area (Å²) in [6, 6.07) is 1.91. The molecule has 1 unspecified atom stereocenters. The fraction of sp³-hybridized carbons (Fsp3) is 0.714. The number of cyclic esters (lactones) is 1. The predicted octanol–water partition coefficient (Wildman–Crippen LogP) is 0.852. The molecular weight excluding hydrogens is 130 g/mol. The minimum absolute atomic E-state index is 0.265. The Morgan fingerprint density at radius 3 is 2.60 bits per heavy atom. The largest absolute Gasteiger partial charge is 0.446 e. The molecule has 1 saturated heterocycles. The molecule has 1 fully saturated rings. The van der Waals surface area contributed by atoms with Crippen molar-refractivity contribution in [2.24, 2.45) is 5.41 Å². The third kappa shape index (κ3) is 0.971. The molecule has 0 saturated carbocycles. The van der Waals surface area contributed by atoms with Gasteiger partial charge in [0.2, 0.25) is 0 Å². The van der Waals surface area contributed by atoms with Crippen molar-refractivity contribution in [3.05, 3.63) is 0 Å². The van der Waals surface area contributed by atoms with Gasteiger partial charge < -0.3 is 4.74 Å². The maximum atomic E-state index is 10.9. The highest BCUT2D eigenvalue weighted by atomic mass is 16.6. The molecule has 0 spiro atoms. The zero-order chi connectivity index (χ0) is 7.78. The van der Waals surface area contributed by atoms with Gasteiger partial charge in [-0.25, -0.2) is 0 Å². The van der Waals surface area contributed by atoms with Gasteiger partial charge in [0.05, 0.1) is 5.41 Å². The van der Waals surface area contributed by atoms with Crippen LogP contribution in [0.25, 0.3) is 0 Å². The Balaban J connectivity index is 2.73. The monoisotopic (exact) mass is 139 g/mol. The maximum absolute atomic E-state index is 10.9. The first-order valence-corrected chi connectivity index (χ1v) is 3.17. The van der Waals surface area contributed by atoms with E-state index in [0.29, 0.717) is 6.42 Å². The summed E-state index contributed by atoms with van der Waals surface area (Å²) in [6.45, 7) is 3.57. The van der Waals surface area contributed by atoms with Gasteiger partial charge >= 0.3 is 5.97 Å². The van der Waals surface area contributed by atoms with Crippen LogP contribution in [0.15, 0.2) is 0 Å². The van der Waals surface area contributed by atoms with E-state index in [1.807, 2.05) is 6.07 Å². The SMILES string of the molecule is CC1(C)CC(C#N)OC1=O. The fourth-order valence-electron chi connectivity index (χ4n) is 0.949. The predicted molar refractivity (Wildman–Crippen MR) is 33.9 cm³/mol. The van der Waals surface area contributed by atoms with Crippen molar-refractivity contribution in [2.45, 2.75) is 26.4 Å². The third-order valence-electron chi connectivity index (χ3n) is 1.64. The second kappa shape index (κ2) is 1.98. The highest BCUT2D eigenvalue weighted by Gasteiger charge is 2.41. The van der Waals surface area contributed by atoms with Crippen LogP contribution in [0.3, 0.4) is 0 Å². The Hall–Kier alpha value is -1.04. The number of nitrogens with zero attached hydrogens (tertiary/aromatic N) is 1. The quantitative estimate of drug-likeness (QED) is 0.467. The normalized spacial score (nSPS) is 29.3. The molecule has 1 rings (SSSR count). The number of ether oxygens (including phenoxy) is 1. The van der Waals surface area contributed by atoms with E-state index >= 15 is 0 Å². The zero-order valence-electron chi connectivity index (χ0n) is 6.05. The van der Waals surface area contributed by atoms with Crippen LogP contribution < -0.4 is 0 Å². The Kier molecular flexibility index (Phi) is 1.40. The van der Waals surface area contributed by atoms with Crippen LogP contribution in [-0.2, 0) is 9.53 Å². The molecule has 1 aliphatic heterocycles. The summed E-state index contributed by atoms with van der Waals surface area (Å²) < 4.78 is 4.73. The molecule has 0 aromatic rings. The number of carbonyl (C=O) groups is 1. The van der Waals surface area contributed by atoms with Gasteiger partial charge in [0, 0.05) is 6.42 Å². The first-order valence-electron chi connectivity index (χ1n) is 3.17. The Bertz CT molecular complexity index is 202. The van der Waals surface area contributed by atoms with Crippen LogP contribution in [-0.4, -0.2) is 12.1 Å². The first kappa shape index (κ1) is 7.07. The topological polar surface area (TPSA) is 50.1 Å². The summed E-state index contributed by atoms with van der Waals surface area (Å²) in [6.07, 6.45) is -0.00926. The summed E-state index contributed by atoms with van der Waals surface area (Å²) >= 11 is 0. The Morgan fingerprint density at radius 1 is 1.80 bits per heavy atom. The summed E-state index contributed by atoms with van der Waals surface area (Å²) in [7, 11) is 0. The summed E-state index contributed by atoms with van der Waals surface area (Å²) in [4.78, 5) is 10.9. The molecule has 0 amide bonds. The second-order valence-electron chi connectivity index (χ2n) is 3.11. The van der Waals surface area contributed by atoms with Crippen molar-refractivity contribution in [3.8, 4) is 6.07 Å². The van der Waals surface area contributed by atoms with E-state index in [0.717, 1.165) is 0 Å². The average molecular weight is 139 g/mol. The van der Waals surface area contributed by atoms with E-state index in [1.165, 1.54) is 0 Å². The van der Waals surface area contributed by atoms with Gasteiger partial charge in [0.15, 0.2) is 6.10 Å². The molecule has 1 heterocycles. The molecule has 0 aliphatic carbocycles. The van der Waals surface area contributed by atoms with E-state index in [9.17, 15) is 4.79 Å². The van der Waals surface area contributed by atoms with Gasteiger partial charge in [0.1, 0.15) is 6.07 Å². The molecule has 0 N–H and O–H groups in total. The molecule has 1 atom stereocenters. The van der Waals surface area contributed by atoms with Crippen LogP contribution in [0.5, 0.6) is 0 Å². The molecule has 10 heavy (non-hydrogen) atoms. The molecule has 1 aliphatic rings. The number of carbonyl (C=O) groups excluding carboxylic acids is 1. The molecule has 3 nitrogen and oxygen atoms in total. The molecule has 54 valence electrons. The van der Waals surface area contributed by atoms with E-state index in [1.54, 1.807) is 13.8 Å². The van der Waals surface area contributed by atoms with E-state index in [4.69, 9.17) is 10.00 Å². The van der Waals surface area contributed by atoms with E-state index < -0.39 is 11.5 Å². The number of esters is 1. The van der Waals surface area contributed by atoms with Gasteiger partial charge in [-0.15, -0.1) is 0 Å². The molecular formula is C7H9NO2. The van der Waals surface area contributed by atoms with Gasteiger partial charge in [-0.3, -0.25) is 4.79 Å². The Labute approximate surface area is 59.6 Å². The van der Waals surface area contributed by atoms with Crippen LogP contribution in [0.2, 0.25) is 0 Å². The molecule has 3 heteroatoms. The van der Waals surface area contributed by atoms with Gasteiger partial charge in [-0.05, 0) is 13.8 Å². The standard InChI is InChI=1S/C7H9NO2/c1-7(2)3-5(4-8)10-6(7)9/h5H,3H2,1-2H3. The lowest BCUT2D eigenvalue weighted by atomic mass is 9.90. The fourth-order valence-corrected chi connectivity index (χ4v) is 0.949. The average Bonchev–Trinajstić information content (AvgIpc) is 2.08.